The van der Waals surface area contributed by atoms with Crippen molar-refractivity contribution in [1.29, 1.82) is 0 Å². The van der Waals surface area contributed by atoms with Crippen molar-refractivity contribution in [3.8, 4) is 5.75 Å². The van der Waals surface area contributed by atoms with Gasteiger partial charge in [-0.05, 0) is 48.1 Å². The van der Waals surface area contributed by atoms with Gasteiger partial charge in [-0.1, -0.05) is 27.4 Å². The molecule has 6 nitrogen and oxygen atoms in total. The third-order valence-electron chi connectivity index (χ3n) is 7.19. The second-order valence-electron chi connectivity index (χ2n) is 10.5. The molecule has 0 unspecified atom stereocenters. The summed E-state index contributed by atoms with van der Waals surface area (Å²) in [6, 6.07) is 8.13. The lowest BCUT2D eigenvalue weighted by Gasteiger charge is -2.32. The first-order valence-corrected chi connectivity index (χ1v) is 13.5. The largest absolute Gasteiger partial charge is 0.484 e. The number of pyridine rings is 1. The Kier molecular flexibility index (Phi) is 6.47. The van der Waals surface area contributed by atoms with Gasteiger partial charge in [0.25, 0.3) is 0 Å². The summed E-state index contributed by atoms with van der Waals surface area (Å²) >= 11 is 0. The molecule has 0 radical (unpaired) electrons. The molecule has 0 N–H and O–H groups in total. The number of alkyl halides is 3. The number of halogens is 3. The van der Waals surface area contributed by atoms with E-state index in [2.05, 4.69) is 11.6 Å². The lowest BCUT2D eigenvalue weighted by atomic mass is 9.77. The molecule has 1 saturated heterocycles. The van der Waals surface area contributed by atoms with Gasteiger partial charge in [0, 0.05) is 35.4 Å². The number of benzene rings is 1. The van der Waals surface area contributed by atoms with Crippen LogP contribution in [0.3, 0.4) is 0 Å². The van der Waals surface area contributed by atoms with Crippen molar-refractivity contribution in [2.75, 3.05) is 23.0 Å². The van der Waals surface area contributed by atoms with E-state index in [9.17, 15) is 26.4 Å². The zero-order valence-electron chi connectivity index (χ0n) is 20.5. The van der Waals surface area contributed by atoms with Crippen molar-refractivity contribution < 1.29 is 31.1 Å². The van der Waals surface area contributed by atoms with Crippen LogP contribution in [0.15, 0.2) is 48.8 Å². The van der Waals surface area contributed by atoms with Gasteiger partial charge in [0.15, 0.2) is 12.4 Å². The maximum absolute atomic E-state index is 13.2. The Balaban J connectivity index is 1.60. The number of Topliss-reactive ketones (excluding diaryl/α,β-unsaturated/α-hetero) is 1. The number of sulfone groups is 1. The molecule has 0 amide bonds. The van der Waals surface area contributed by atoms with E-state index in [-0.39, 0.29) is 34.9 Å². The number of carbonyl (C=O) groups excluding carboxylic acids is 1. The number of nitrogens with zero attached hydrogens (tertiary/aromatic N) is 2. The molecule has 2 aliphatic rings. The number of rotatable bonds is 6. The van der Waals surface area contributed by atoms with Crippen molar-refractivity contribution in [1.82, 2.24) is 4.98 Å². The molecule has 0 bridgehead atoms. The van der Waals surface area contributed by atoms with Gasteiger partial charge >= 0.3 is 6.18 Å². The maximum Gasteiger partial charge on any atom is 0.422 e. The van der Waals surface area contributed by atoms with Gasteiger partial charge in [-0.2, -0.15) is 13.2 Å². The molecule has 0 aliphatic carbocycles. The van der Waals surface area contributed by atoms with Gasteiger partial charge in [-0.3, -0.25) is 9.69 Å². The van der Waals surface area contributed by atoms with Crippen LogP contribution in [0.2, 0.25) is 0 Å². The average Bonchev–Trinajstić information content (AvgIpc) is 2.99. The van der Waals surface area contributed by atoms with Crippen molar-refractivity contribution in [3.05, 3.63) is 59.9 Å². The Labute approximate surface area is 209 Å². The van der Waals surface area contributed by atoms with E-state index in [4.69, 9.17) is 4.74 Å². The molecular formula is C26H29F3N2O4S. The minimum atomic E-state index is -4.46. The lowest BCUT2D eigenvalue weighted by Crippen LogP contribution is -2.33. The highest BCUT2D eigenvalue weighted by atomic mass is 32.2. The molecule has 1 fully saturated rings. The van der Waals surface area contributed by atoms with Gasteiger partial charge in [-0.15, -0.1) is 0 Å². The molecule has 4 rings (SSSR count). The molecule has 0 saturated carbocycles. The number of hydrogen-bond donors (Lipinski definition) is 0. The molecule has 3 heterocycles. The first kappa shape index (κ1) is 26.2. The number of anilines is 2. The zero-order valence-corrected chi connectivity index (χ0v) is 21.3. The van der Waals surface area contributed by atoms with Gasteiger partial charge in [0.2, 0.25) is 0 Å². The SMILES string of the molecule is C=C1N(c2cc(OCC(F)(F)F)ccn2)c2ccc(C(=O)CC3(C)CCS(=O)(=O)CC3)cc2C1(C)C. The zero-order chi connectivity index (χ0) is 26.5. The Morgan fingerprint density at radius 3 is 2.44 bits per heavy atom. The fourth-order valence-electron chi connectivity index (χ4n) is 4.72. The van der Waals surface area contributed by atoms with E-state index in [1.54, 1.807) is 17.0 Å². The first-order valence-electron chi connectivity index (χ1n) is 11.6. The van der Waals surface area contributed by atoms with Crippen LogP contribution < -0.4 is 9.64 Å². The summed E-state index contributed by atoms with van der Waals surface area (Å²) < 4.78 is 66.3. The summed E-state index contributed by atoms with van der Waals surface area (Å²) in [6.07, 6.45) is -1.91. The van der Waals surface area contributed by atoms with Crippen molar-refractivity contribution >= 4 is 27.1 Å². The molecule has 36 heavy (non-hydrogen) atoms. The number of hydrogen-bond acceptors (Lipinski definition) is 6. The lowest BCUT2D eigenvalue weighted by molar-refractivity contribution is -0.153. The summed E-state index contributed by atoms with van der Waals surface area (Å²) in [5.41, 5.74) is 1.83. The Morgan fingerprint density at radius 2 is 1.81 bits per heavy atom. The summed E-state index contributed by atoms with van der Waals surface area (Å²) in [4.78, 5) is 19.3. The van der Waals surface area contributed by atoms with Gasteiger partial charge < -0.3 is 4.74 Å². The van der Waals surface area contributed by atoms with Crippen LogP contribution in [0.5, 0.6) is 5.75 Å². The third kappa shape index (κ3) is 5.28. The predicted octanol–water partition coefficient (Wildman–Crippen LogP) is 5.75. The Hall–Kier alpha value is -2.88. The Morgan fingerprint density at radius 1 is 1.14 bits per heavy atom. The summed E-state index contributed by atoms with van der Waals surface area (Å²) in [5, 5.41) is 0. The van der Waals surface area contributed by atoms with Gasteiger partial charge in [0.05, 0.1) is 17.2 Å². The molecule has 10 heteroatoms. The van der Waals surface area contributed by atoms with Crippen LogP contribution in [0.1, 0.15) is 56.0 Å². The van der Waals surface area contributed by atoms with Gasteiger partial charge in [0.1, 0.15) is 21.4 Å². The normalized spacial score (nSPS) is 20.2. The van der Waals surface area contributed by atoms with Crippen LogP contribution in [0.25, 0.3) is 0 Å². The van der Waals surface area contributed by atoms with Crippen LogP contribution >= 0.6 is 0 Å². The fraction of sp³-hybridized carbons (Fsp3) is 0.462. The number of carbonyl (C=O) groups is 1. The van der Waals surface area contributed by atoms with Crippen LogP contribution in [-0.2, 0) is 15.3 Å². The van der Waals surface area contributed by atoms with Crippen LogP contribution in [0, 0.1) is 5.41 Å². The quantitative estimate of drug-likeness (QED) is 0.450. The molecule has 2 aliphatic heterocycles. The minimum absolute atomic E-state index is 0.0333. The van der Waals surface area contributed by atoms with E-state index in [1.165, 1.54) is 18.3 Å². The summed E-state index contributed by atoms with van der Waals surface area (Å²) in [5.74, 6) is 0.538. The first-order chi connectivity index (χ1) is 16.6. The van der Waals surface area contributed by atoms with Crippen LogP contribution in [0.4, 0.5) is 24.7 Å². The molecule has 0 atom stereocenters. The fourth-order valence-corrected chi connectivity index (χ4v) is 6.53. The minimum Gasteiger partial charge on any atom is -0.484 e. The maximum atomic E-state index is 13.2. The van der Waals surface area contributed by atoms with Crippen molar-refractivity contribution in [2.24, 2.45) is 5.41 Å². The number of allylic oxidation sites excluding steroid dienone is 1. The molecule has 1 aromatic heterocycles. The van der Waals surface area contributed by atoms with Crippen molar-refractivity contribution in [2.45, 2.75) is 51.6 Å². The number of ether oxygens (including phenoxy) is 1. The number of fused-ring (bicyclic) bond motifs is 1. The highest BCUT2D eigenvalue weighted by molar-refractivity contribution is 7.91. The average molecular weight is 523 g/mol. The standard InChI is InChI=1S/C26H29F3N2O4S/c1-17-24(2,3)20-13-18(22(32)15-25(4)8-11-36(33,34)12-9-25)5-6-21(20)31(17)23-14-19(7-10-30-23)35-16-26(27,28)29/h5-7,10,13-14H,1,8-9,11-12,15-16H2,2-4H3. The van der Waals surface area contributed by atoms with Crippen molar-refractivity contribution in [3.63, 3.8) is 0 Å². The number of ketones is 1. The molecular weight excluding hydrogens is 493 g/mol. The Bertz CT molecular complexity index is 1300. The molecule has 2 aromatic rings. The molecule has 194 valence electrons. The smallest absolute Gasteiger partial charge is 0.422 e. The van der Waals surface area contributed by atoms with E-state index in [1.807, 2.05) is 26.8 Å². The van der Waals surface area contributed by atoms with Crippen LogP contribution in [-0.4, -0.2) is 43.5 Å². The summed E-state index contributed by atoms with van der Waals surface area (Å²) in [7, 11) is -3.03. The van der Waals surface area contributed by atoms with E-state index < -0.39 is 28.0 Å². The predicted molar refractivity (Wildman–Crippen MR) is 131 cm³/mol. The third-order valence-corrected chi connectivity index (χ3v) is 8.85. The number of aromatic nitrogens is 1. The highest BCUT2D eigenvalue weighted by Gasteiger charge is 2.41. The topological polar surface area (TPSA) is 76.6 Å². The monoisotopic (exact) mass is 522 g/mol. The van der Waals surface area contributed by atoms with E-state index in [0.29, 0.717) is 29.9 Å². The van der Waals surface area contributed by atoms with E-state index in [0.717, 1.165) is 11.3 Å². The summed E-state index contributed by atoms with van der Waals surface area (Å²) in [6.45, 7) is 8.68. The second-order valence-corrected chi connectivity index (χ2v) is 12.8. The van der Waals surface area contributed by atoms with Gasteiger partial charge in [-0.25, -0.2) is 13.4 Å². The highest BCUT2D eigenvalue weighted by Crippen LogP contribution is 2.50. The second kappa shape index (κ2) is 8.90. The van der Waals surface area contributed by atoms with E-state index >= 15 is 0 Å². The molecule has 1 aromatic carbocycles. The molecule has 0 spiro atoms.